The summed E-state index contributed by atoms with van der Waals surface area (Å²) in [6.07, 6.45) is 16.0. The molecule has 38 heavy (non-hydrogen) atoms. The van der Waals surface area contributed by atoms with Crippen LogP contribution in [0.1, 0.15) is 153 Å². The van der Waals surface area contributed by atoms with Gasteiger partial charge in [0.1, 0.15) is 0 Å². The summed E-state index contributed by atoms with van der Waals surface area (Å²) >= 11 is 0. The van der Waals surface area contributed by atoms with E-state index >= 15 is 0 Å². The highest BCUT2D eigenvalue weighted by Gasteiger charge is 2.19. The molecule has 5 heteroatoms. The Kier molecular flexibility index (Phi) is 57.4. The summed E-state index contributed by atoms with van der Waals surface area (Å²) in [6.45, 7) is 25.3. The van der Waals surface area contributed by atoms with Crippen molar-refractivity contribution in [1.82, 2.24) is 10.2 Å². The summed E-state index contributed by atoms with van der Waals surface area (Å²) in [5, 5.41) is 12.5. The number of carbonyl (C=O) groups is 1. The molecule has 0 rings (SSSR count). The van der Waals surface area contributed by atoms with Crippen LogP contribution in [0.2, 0.25) is 0 Å². The minimum atomic E-state index is -0.686. The van der Waals surface area contributed by atoms with Crippen molar-refractivity contribution < 1.29 is 14.6 Å². The highest BCUT2D eigenvalue weighted by Crippen LogP contribution is 2.11. The zero-order valence-electron chi connectivity index (χ0n) is 28.6. The van der Waals surface area contributed by atoms with Crippen LogP contribution in [0, 0.1) is 11.8 Å². The number of unbranched alkanes of at least 4 members (excludes halogenated alkanes) is 7. The predicted octanol–water partition coefficient (Wildman–Crippen LogP) is 9.69. The summed E-state index contributed by atoms with van der Waals surface area (Å²) in [5.41, 5.74) is 0. The fraction of sp³-hybridized carbons (Fsp3) is 0.970. The fourth-order valence-electron chi connectivity index (χ4n) is 3.44. The van der Waals surface area contributed by atoms with E-state index in [-0.39, 0.29) is 5.92 Å². The summed E-state index contributed by atoms with van der Waals surface area (Å²) in [6, 6.07) is 0. The van der Waals surface area contributed by atoms with Gasteiger partial charge in [-0.1, -0.05) is 127 Å². The summed E-state index contributed by atoms with van der Waals surface area (Å²) < 4.78 is 5.48. The second-order valence-electron chi connectivity index (χ2n) is 9.81. The second kappa shape index (κ2) is 46.2. The molecule has 0 aliphatic rings. The number of carboxylic acid groups (broad SMARTS) is 1. The lowest BCUT2D eigenvalue weighted by Crippen LogP contribution is -2.33. The Hall–Kier alpha value is -0.650. The number of carboxylic acids is 1. The van der Waals surface area contributed by atoms with Gasteiger partial charge in [-0.25, -0.2) is 0 Å². The summed E-state index contributed by atoms with van der Waals surface area (Å²) in [7, 11) is 4.04. The van der Waals surface area contributed by atoms with E-state index in [0.29, 0.717) is 25.5 Å². The van der Waals surface area contributed by atoms with Crippen LogP contribution in [0.5, 0.6) is 0 Å². The Labute approximate surface area is 242 Å². The van der Waals surface area contributed by atoms with Gasteiger partial charge in [0.05, 0.1) is 5.92 Å². The molecular formula is C33H76N2O3. The smallest absolute Gasteiger partial charge is 0.307 e. The molecule has 0 amide bonds. The molecular weight excluding hydrogens is 472 g/mol. The van der Waals surface area contributed by atoms with Gasteiger partial charge in [0.25, 0.3) is 0 Å². The van der Waals surface area contributed by atoms with Gasteiger partial charge in [-0.05, 0) is 52.2 Å². The first-order valence-corrected chi connectivity index (χ1v) is 16.5. The van der Waals surface area contributed by atoms with Crippen molar-refractivity contribution in [3.05, 3.63) is 0 Å². The third kappa shape index (κ3) is 48.4. The third-order valence-electron chi connectivity index (χ3n) is 5.72. The lowest BCUT2D eigenvalue weighted by Gasteiger charge is -2.24. The van der Waals surface area contributed by atoms with Crippen molar-refractivity contribution in [2.75, 3.05) is 46.9 Å². The highest BCUT2D eigenvalue weighted by atomic mass is 16.5. The highest BCUT2D eigenvalue weighted by molar-refractivity contribution is 5.70. The number of nitrogens with one attached hydrogen (secondary N) is 1. The van der Waals surface area contributed by atoms with Crippen LogP contribution in [0.3, 0.4) is 0 Å². The predicted molar refractivity (Wildman–Crippen MR) is 174 cm³/mol. The molecule has 0 fully saturated rings. The van der Waals surface area contributed by atoms with Gasteiger partial charge < -0.3 is 20.1 Å². The van der Waals surface area contributed by atoms with Gasteiger partial charge in [0, 0.05) is 26.3 Å². The molecule has 0 aromatic rings. The molecule has 0 aliphatic carbocycles. The second-order valence-corrected chi connectivity index (χ2v) is 9.81. The molecule has 2 unspecified atom stereocenters. The van der Waals surface area contributed by atoms with Crippen molar-refractivity contribution in [2.45, 2.75) is 153 Å². The average molecular weight is 549 g/mol. The molecule has 0 spiro atoms. The van der Waals surface area contributed by atoms with Gasteiger partial charge in [-0.2, -0.15) is 0 Å². The molecule has 0 saturated heterocycles. The number of hydrogen-bond donors (Lipinski definition) is 2. The minimum Gasteiger partial charge on any atom is -0.481 e. The lowest BCUT2D eigenvalue weighted by atomic mass is 10.0. The first-order chi connectivity index (χ1) is 18.3. The molecule has 0 aliphatic heterocycles. The maximum Gasteiger partial charge on any atom is 0.307 e. The van der Waals surface area contributed by atoms with E-state index in [4.69, 9.17) is 4.74 Å². The standard InChI is InChI=1S/C16H33NO3.C10H23N.C3H8.2C2H6/c1-5-7-10-20-11-8-9-15(16(18)19)13-17(4)12-14(3)6-2;1-3-4-5-6-7-8-9-10-11-2;1-3-2;2*1-2/h14-15H,5-13H2,1-4H3,(H,18,19);11H,3-10H2,1-2H3;3H2,1-2H3;2*1-2H3. The maximum absolute atomic E-state index is 11.3. The van der Waals surface area contributed by atoms with E-state index in [9.17, 15) is 9.90 Å². The Bertz CT molecular complexity index is 373. The van der Waals surface area contributed by atoms with Crippen LogP contribution in [0.4, 0.5) is 0 Å². The van der Waals surface area contributed by atoms with Crippen LogP contribution < -0.4 is 5.32 Å². The molecule has 2 atom stereocenters. The van der Waals surface area contributed by atoms with Gasteiger partial charge in [-0.3, -0.25) is 4.79 Å². The number of hydrogen-bond acceptors (Lipinski definition) is 4. The Balaban J connectivity index is -0.000000169. The molecule has 2 N–H and O–H groups in total. The quantitative estimate of drug-likeness (QED) is 0.140. The Morgan fingerprint density at radius 3 is 1.71 bits per heavy atom. The van der Waals surface area contributed by atoms with Gasteiger partial charge in [-0.15, -0.1) is 0 Å². The lowest BCUT2D eigenvalue weighted by molar-refractivity contribution is -0.142. The zero-order valence-corrected chi connectivity index (χ0v) is 28.6. The van der Waals surface area contributed by atoms with E-state index in [2.05, 4.69) is 51.8 Å². The monoisotopic (exact) mass is 549 g/mol. The number of ether oxygens (including phenoxy) is 1. The molecule has 0 saturated carbocycles. The van der Waals surface area contributed by atoms with Crippen molar-refractivity contribution in [2.24, 2.45) is 11.8 Å². The molecule has 0 aromatic heterocycles. The number of nitrogens with zero attached hydrogens (tertiary/aromatic N) is 1. The fourth-order valence-corrected chi connectivity index (χ4v) is 3.44. The summed E-state index contributed by atoms with van der Waals surface area (Å²) in [5.74, 6) is -0.347. The first-order valence-electron chi connectivity index (χ1n) is 16.5. The van der Waals surface area contributed by atoms with Gasteiger partial charge in [0.15, 0.2) is 0 Å². The molecule has 0 aromatic carbocycles. The van der Waals surface area contributed by atoms with E-state index in [1.165, 1.54) is 57.9 Å². The van der Waals surface area contributed by atoms with Gasteiger partial charge >= 0.3 is 5.97 Å². The van der Waals surface area contributed by atoms with Crippen molar-refractivity contribution in [1.29, 1.82) is 0 Å². The van der Waals surface area contributed by atoms with Crippen molar-refractivity contribution in [3.63, 3.8) is 0 Å². The normalized spacial score (nSPS) is 11.4. The van der Waals surface area contributed by atoms with Crippen LogP contribution in [0.15, 0.2) is 0 Å². The molecule has 0 bridgehead atoms. The van der Waals surface area contributed by atoms with Crippen LogP contribution in [0.25, 0.3) is 0 Å². The number of rotatable bonds is 21. The number of aliphatic carboxylic acids is 1. The molecule has 236 valence electrons. The van der Waals surface area contributed by atoms with E-state index in [1.807, 2.05) is 41.8 Å². The molecule has 5 nitrogen and oxygen atoms in total. The minimum absolute atomic E-state index is 0.279. The van der Waals surface area contributed by atoms with E-state index in [1.54, 1.807) is 0 Å². The third-order valence-corrected chi connectivity index (χ3v) is 5.72. The Morgan fingerprint density at radius 2 is 1.26 bits per heavy atom. The van der Waals surface area contributed by atoms with Crippen molar-refractivity contribution in [3.8, 4) is 0 Å². The maximum atomic E-state index is 11.3. The first kappa shape index (κ1) is 47.2. The molecule has 0 heterocycles. The van der Waals surface area contributed by atoms with Crippen LogP contribution in [-0.2, 0) is 9.53 Å². The van der Waals surface area contributed by atoms with Crippen LogP contribution >= 0.6 is 0 Å². The summed E-state index contributed by atoms with van der Waals surface area (Å²) in [4.78, 5) is 13.4. The van der Waals surface area contributed by atoms with Crippen LogP contribution in [-0.4, -0.2) is 62.9 Å². The average Bonchev–Trinajstić information content (AvgIpc) is 2.92. The van der Waals surface area contributed by atoms with Crippen molar-refractivity contribution >= 4 is 5.97 Å². The SMILES string of the molecule is CC.CC.CCC.CCCCCCCCCNC.CCCCOCCCC(CN(C)CC(C)CC)C(=O)O. The molecule has 0 radical (unpaired) electrons. The zero-order chi connectivity index (χ0) is 30.5. The Morgan fingerprint density at radius 1 is 0.789 bits per heavy atom. The topological polar surface area (TPSA) is 61.8 Å². The van der Waals surface area contributed by atoms with Gasteiger partial charge in [0.2, 0.25) is 0 Å². The van der Waals surface area contributed by atoms with E-state index in [0.717, 1.165) is 38.8 Å². The largest absolute Gasteiger partial charge is 0.481 e. The van der Waals surface area contributed by atoms with E-state index < -0.39 is 5.97 Å².